The molecular formula is C15H26N2S. The summed E-state index contributed by atoms with van der Waals surface area (Å²) in [6, 6.07) is 0. The zero-order valence-electron chi connectivity index (χ0n) is 11.8. The van der Waals surface area contributed by atoms with Gasteiger partial charge < -0.3 is 5.32 Å². The molecule has 0 bridgehead atoms. The maximum absolute atomic E-state index is 4.80. The van der Waals surface area contributed by atoms with Gasteiger partial charge in [-0.3, -0.25) is 4.99 Å². The summed E-state index contributed by atoms with van der Waals surface area (Å²) in [4.78, 5) is 4.80. The van der Waals surface area contributed by atoms with Crippen molar-refractivity contribution in [2.45, 2.75) is 52.4 Å². The number of hydrogen-bond acceptors (Lipinski definition) is 3. The number of aliphatic imine (C=N–C) groups is 1. The van der Waals surface area contributed by atoms with Crippen molar-refractivity contribution in [1.29, 1.82) is 0 Å². The zero-order valence-corrected chi connectivity index (χ0v) is 12.6. The molecule has 3 heteroatoms. The largest absolute Gasteiger partial charge is 0.364 e. The Morgan fingerprint density at radius 2 is 2.00 bits per heavy atom. The van der Waals surface area contributed by atoms with Crippen molar-refractivity contribution in [2.75, 3.05) is 18.8 Å². The Kier molecular flexibility index (Phi) is 3.38. The van der Waals surface area contributed by atoms with E-state index in [0.29, 0.717) is 10.8 Å². The standard InChI is InChI=1S/C15H26N2S/c1-3-14(4-2)9-16-13(18-11-14)17-10-15(7-8-15)12-5-6-12/h12H,3-11H2,1-2H3,(H,16,17). The molecule has 18 heavy (non-hydrogen) atoms. The molecule has 0 radical (unpaired) electrons. The summed E-state index contributed by atoms with van der Waals surface area (Å²) < 4.78 is 0. The highest BCUT2D eigenvalue weighted by Crippen LogP contribution is 2.60. The van der Waals surface area contributed by atoms with Crippen molar-refractivity contribution in [3.05, 3.63) is 0 Å². The molecule has 0 unspecified atom stereocenters. The first-order chi connectivity index (χ1) is 8.72. The predicted molar refractivity (Wildman–Crippen MR) is 80.2 cm³/mol. The van der Waals surface area contributed by atoms with E-state index in [4.69, 9.17) is 4.99 Å². The molecule has 0 aromatic carbocycles. The number of hydrogen-bond donors (Lipinski definition) is 1. The van der Waals surface area contributed by atoms with Crippen molar-refractivity contribution in [3.63, 3.8) is 0 Å². The number of thioether (sulfide) groups is 1. The lowest BCUT2D eigenvalue weighted by molar-refractivity contribution is 0.317. The van der Waals surface area contributed by atoms with Crippen LogP contribution in [0, 0.1) is 16.7 Å². The maximum atomic E-state index is 4.80. The second-order valence-corrected chi connectivity index (χ2v) is 7.57. The van der Waals surface area contributed by atoms with Crippen LogP contribution >= 0.6 is 11.8 Å². The van der Waals surface area contributed by atoms with E-state index < -0.39 is 0 Å². The Balaban J connectivity index is 1.51. The highest BCUT2D eigenvalue weighted by Gasteiger charge is 2.53. The first kappa shape index (κ1) is 12.8. The predicted octanol–water partition coefficient (Wildman–Crippen LogP) is 3.68. The molecule has 1 aliphatic heterocycles. The smallest absolute Gasteiger partial charge is 0.156 e. The Bertz CT molecular complexity index is 338. The van der Waals surface area contributed by atoms with E-state index in [2.05, 4.69) is 19.2 Å². The Labute approximate surface area is 115 Å². The van der Waals surface area contributed by atoms with Gasteiger partial charge in [0, 0.05) is 18.8 Å². The van der Waals surface area contributed by atoms with Crippen LogP contribution in [0.3, 0.4) is 0 Å². The summed E-state index contributed by atoms with van der Waals surface area (Å²) in [7, 11) is 0. The molecule has 2 nitrogen and oxygen atoms in total. The van der Waals surface area contributed by atoms with E-state index >= 15 is 0 Å². The molecule has 0 aromatic rings. The normalized spacial score (nSPS) is 28.7. The Morgan fingerprint density at radius 3 is 2.44 bits per heavy atom. The van der Waals surface area contributed by atoms with Gasteiger partial charge in [0.1, 0.15) is 0 Å². The van der Waals surface area contributed by atoms with Gasteiger partial charge in [-0.2, -0.15) is 0 Å². The van der Waals surface area contributed by atoms with Gasteiger partial charge in [-0.25, -0.2) is 0 Å². The second-order valence-electron chi connectivity index (χ2n) is 6.61. The zero-order chi connectivity index (χ0) is 12.6. The molecule has 0 atom stereocenters. The van der Waals surface area contributed by atoms with Crippen LogP contribution in [0.5, 0.6) is 0 Å². The Morgan fingerprint density at radius 1 is 1.28 bits per heavy atom. The van der Waals surface area contributed by atoms with E-state index in [-0.39, 0.29) is 0 Å². The molecule has 0 spiro atoms. The topological polar surface area (TPSA) is 24.4 Å². The molecule has 1 N–H and O–H groups in total. The van der Waals surface area contributed by atoms with Gasteiger partial charge in [-0.15, -0.1) is 0 Å². The van der Waals surface area contributed by atoms with Crippen LogP contribution in [-0.4, -0.2) is 24.0 Å². The molecule has 2 aliphatic carbocycles. The third kappa shape index (κ3) is 2.43. The summed E-state index contributed by atoms with van der Waals surface area (Å²) in [5.74, 6) is 2.30. The minimum atomic E-state index is 0.476. The van der Waals surface area contributed by atoms with Gasteiger partial charge in [0.15, 0.2) is 5.17 Å². The fraction of sp³-hybridized carbons (Fsp3) is 0.933. The fourth-order valence-corrected chi connectivity index (χ4v) is 4.45. The fourth-order valence-electron chi connectivity index (χ4n) is 3.17. The molecule has 3 rings (SSSR count). The van der Waals surface area contributed by atoms with E-state index in [1.807, 2.05) is 11.8 Å². The summed E-state index contributed by atoms with van der Waals surface area (Å²) >= 11 is 1.96. The van der Waals surface area contributed by atoms with Crippen LogP contribution in [-0.2, 0) is 0 Å². The van der Waals surface area contributed by atoms with Crippen LogP contribution in [0.4, 0.5) is 0 Å². The molecule has 0 saturated heterocycles. The van der Waals surface area contributed by atoms with Crippen LogP contribution < -0.4 is 5.32 Å². The SMILES string of the molecule is CCC1(CC)CN=C(NCC2(C3CC3)CC2)SC1. The highest BCUT2D eigenvalue weighted by molar-refractivity contribution is 8.13. The quantitative estimate of drug-likeness (QED) is 0.821. The van der Waals surface area contributed by atoms with E-state index in [9.17, 15) is 0 Å². The van der Waals surface area contributed by atoms with E-state index in [1.165, 1.54) is 56.0 Å². The minimum Gasteiger partial charge on any atom is -0.364 e. The molecule has 3 aliphatic rings. The van der Waals surface area contributed by atoms with Gasteiger partial charge >= 0.3 is 0 Å². The number of nitrogens with one attached hydrogen (secondary N) is 1. The number of nitrogens with zero attached hydrogens (tertiary/aromatic N) is 1. The van der Waals surface area contributed by atoms with Gasteiger partial charge in [-0.05, 0) is 55.3 Å². The van der Waals surface area contributed by atoms with Crippen molar-refractivity contribution >= 4 is 16.9 Å². The first-order valence-electron chi connectivity index (χ1n) is 7.63. The molecular weight excluding hydrogens is 240 g/mol. The number of rotatable bonds is 5. The molecule has 2 saturated carbocycles. The van der Waals surface area contributed by atoms with Crippen LogP contribution in [0.2, 0.25) is 0 Å². The molecule has 0 aromatic heterocycles. The summed E-state index contributed by atoms with van der Waals surface area (Å²) in [6.45, 7) is 6.84. The van der Waals surface area contributed by atoms with Gasteiger partial charge in [0.25, 0.3) is 0 Å². The lowest BCUT2D eigenvalue weighted by Gasteiger charge is -2.33. The molecule has 2 fully saturated rings. The lowest BCUT2D eigenvalue weighted by Crippen LogP contribution is -2.37. The average molecular weight is 266 g/mol. The maximum Gasteiger partial charge on any atom is 0.156 e. The molecule has 0 amide bonds. The van der Waals surface area contributed by atoms with Crippen molar-refractivity contribution < 1.29 is 0 Å². The Hall–Kier alpha value is -0.180. The monoisotopic (exact) mass is 266 g/mol. The van der Waals surface area contributed by atoms with Gasteiger partial charge in [0.2, 0.25) is 0 Å². The van der Waals surface area contributed by atoms with Crippen LogP contribution in [0.25, 0.3) is 0 Å². The van der Waals surface area contributed by atoms with Crippen molar-refractivity contribution in [1.82, 2.24) is 5.32 Å². The number of amidine groups is 1. The van der Waals surface area contributed by atoms with Crippen molar-refractivity contribution in [2.24, 2.45) is 21.7 Å². The summed E-state index contributed by atoms with van der Waals surface area (Å²) in [5.41, 5.74) is 1.16. The van der Waals surface area contributed by atoms with Crippen LogP contribution in [0.15, 0.2) is 4.99 Å². The summed E-state index contributed by atoms with van der Waals surface area (Å²) in [6.07, 6.45) is 8.40. The van der Waals surface area contributed by atoms with Crippen molar-refractivity contribution in [3.8, 4) is 0 Å². The molecule has 102 valence electrons. The third-order valence-electron chi connectivity index (χ3n) is 5.50. The van der Waals surface area contributed by atoms with Gasteiger partial charge in [-0.1, -0.05) is 25.6 Å². The second kappa shape index (κ2) is 4.73. The highest BCUT2D eigenvalue weighted by atomic mass is 32.2. The average Bonchev–Trinajstić information content (AvgIpc) is 3.30. The third-order valence-corrected chi connectivity index (χ3v) is 6.80. The minimum absolute atomic E-state index is 0.476. The van der Waals surface area contributed by atoms with E-state index in [1.54, 1.807) is 0 Å². The van der Waals surface area contributed by atoms with E-state index in [0.717, 1.165) is 12.5 Å². The molecule has 1 heterocycles. The first-order valence-corrected chi connectivity index (χ1v) is 8.62. The lowest BCUT2D eigenvalue weighted by atomic mass is 9.84. The van der Waals surface area contributed by atoms with Gasteiger partial charge in [0.05, 0.1) is 0 Å². The van der Waals surface area contributed by atoms with Crippen LogP contribution in [0.1, 0.15) is 52.4 Å². The summed E-state index contributed by atoms with van der Waals surface area (Å²) in [5, 5.41) is 4.87.